The van der Waals surface area contributed by atoms with E-state index in [0.717, 1.165) is 0 Å². The Kier molecular flexibility index (Phi) is 1.68. The van der Waals surface area contributed by atoms with Crippen LogP contribution in [0.5, 0.6) is 0 Å². The van der Waals surface area contributed by atoms with E-state index in [-0.39, 0.29) is 5.95 Å². The number of nitrogens with two attached hydrogens (primary N) is 1. The van der Waals surface area contributed by atoms with Gasteiger partial charge in [-0.15, -0.1) is 0 Å². The van der Waals surface area contributed by atoms with E-state index in [1.54, 1.807) is 0 Å². The van der Waals surface area contributed by atoms with Crippen LogP contribution in [0.3, 0.4) is 0 Å². The second-order valence-electron chi connectivity index (χ2n) is 1.76. The molecule has 3 N–H and O–H groups in total. The third-order valence-corrected chi connectivity index (χ3v) is 1.04. The highest BCUT2D eigenvalue weighted by molar-refractivity contribution is 5.25. The van der Waals surface area contributed by atoms with Gasteiger partial charge >= 0.3 is 11.9 Å². The minimum absolute atomic E-state index is 0.150. The molecule has 0 saturated carbocycles. The lowest BCUT2D eigenvalue weighted by Crippen LogP contribution is -2.11. The lowest BCUT2D eigenvalue weighted by molar-refractivity contribution is -0.394. The Morgan fingerprint density at radius 2 is 2.45 bits per heavy atom. The van der Waals surface area contributed by atoms with Crippen LogP contribution in [0.4, 0.5) is 11.9 Å². The van der Waals surface area contributed by atoms with Crippen molar-refractivity contribution in [2.75, 3.05) is 5.43 Å². The molecule has 1 heterocycles. The fourth-order valence-corrected chi connectivity index (χ4v) is 0.574. The van der Waals surface area contributed by atoms with Gasteiger partial charge in [0.05, 0.1) is 0 Å². The minimum atomic E-state index is -0.694. The number of nitrogen functional groups attached to an aromatic ring is 1. The molecule has 60 valence electrons. The van der Waals surface area contributed by atoms with E-state index >= 15 is 0 Å². The number of hydrazine groups is 1. The number of aryl methyl sites for hydroxylation is 1. The van der Waals surface area contributed by atoms with Gasteiger partial charge in [0.1, 0.15) is 0 Å². The van der Waals surface area contributed by atoms with E-state index in [1.165, 1.54) is 11.7 Å². The quantitative estimate of drug-likeness (QED) is 0.324. The second-order valence-corrected chi connectivity index (χ2v) is 1.76. The Morgan fingerprint density at radius 3 is 2.73 bits per heavy atom. The van der Waals surface area contributed by atoms with Gasteiger partial charge in [-0.1, -0.05) is 0 Å². The zero-order valence-corrected chi connectivity index (χ0v) is 5.68. The Morgan fingerprint density at radius 1 is 1.82 bits per heavy atom. The predicted octanol–water partition coefficient (Wildman–Crippen LogP) is -0.991. The van der Waals surface area contributed by atoms with E-state index in [1.807, 2.05) is 0 Å². The van der Waals surface area contributed by atoms with E-state index in [4.69, 9.17) is 5.84 Å². The standard InChI is InChI=1S/C3H6N6O2/c1-8-2(6-4)5-3(7-8)9(10)11/h4H2,1H3,(H,5,6,7). The van der Waals surface area contributed by atoms with E-state index < -0.39 is 10.9 Å². The molecule has 0 aliphatic carbocycles. The number of nitrogens with one attached hydrogen (secondary N) is 1. The number of nitrogens with zero attached hydrogens (tertiary/aromatic N) is 4. The summed E-state index contributed by atoms with van der Waals surface area (Å²) in [5, 5.41) is 13.5. The molecular weight excluding hydrogens is 152 g/mol. The molecule has 0 fully saturated rings. The number of hydrogen-bond donors (Lipinski definition) is 2. The van der Waals surface area contributed by atoms with Crippen LogP contribution in [0.15, 0.2) is 0 Å². The van der Waals surface area contributed by atoms with Gasteiger partial charge in [0.2, 0.25) is 0 Å². The molecule has 1 aromatic heterocycles. The Labute approximate surface area is 61.1 Å². The molecule has 0 radical (unpaired) electrons. The van der Waals surface area contributed by atoms with E-state index in [2.05, 4.69) is 15.5 Å². The molecule has 0 bridgehead atoms. The SMILES string of the molecule is Cn1nc([N+](=O)[O-])nc1NN. The first-order valence-corrected chi connectivity index (χ1v) is 2.67. The number of aromatic nitrogens is 3. The van der Waals surface area contributed by atoms with Crippen molar-refractivity contribution < 1.29 is 4.92 Å². The van der Waals surface area contributed by atoms with Crippen molar-refractivity contribution in [1.82, 2.24) is 14.8 Å². The summed E-state index contributed by atoms with van der Waals surface area (Å²) >= 11 is 0. The molecular formula is C3H6N6O2. The Bertz CT molecular complexity index is 279. The van der Waals surface area contributed by atoms with Crippen molar-refractivity contribution in [2.45, 2.75) is 0 Å². The highest BCUT2D eigenvalue weighted by Crippen LogP contribution is 2.06. The molecule has 0 aliphatic heterocycles. The van der Waals surface area contributed by atoms with Crippen molar-refractivity contribution in [3.8, 4) is 0 Å². The van der Waals surface area contributed by atoms with Gasteiger partial charge in [-0.25, -0.2) is 5.84 Å². The van der Waals surface area contributed by atoms with Gasteiger partial charge in [-0.05, 0) is 9.91 Å². The molecule has 0 aromatic carbocycles. The normalized spacial score (nSPS) is 9.64. The average molecular weight is 158 g/mol. The first-order chi connectivity index (χ1) is 5.15. The third-order valence-electron chi connectivity index (χ3n) is 1.04. The zero-order valence-electron chi connectivity index (χ0n) is 5.68. The van der Waals surface area contributed by atoms with Crippen molar-refractivity contribution in [3.63, 3.8) is 0 Å². The number of rotatable bonds is 2. The van der Waals surface area contributed by atoms with Crippen molar-refractivity contribution in [2.24, 2.45) is 12.9 Å². The van der Waals surface area contributed by atoms with E-state index in [9.17, 15) is 10.1 Å². The monoisotopic (exact) mass is 158 g/mol. The lowest BCUT2D eigenvalue weighted by Gasteiger charge is -1.86. The van der Waals surface area contributed by atoms with Crippen LogP contribution < -0.4 is 11.3 Å². The fraction of sp³-hybridized carbons (Fsp3) is 0.333. The molecule has 0 amide bonds. The molecule has 0 saturated heterocycles. The van der Waals surface area contributed by atoms with Gasteiger partial charge in [-0.3, -0.25) is 5.43 Å². The molecule has 1 rings (SSSR count). The van der Waals surface area contributed by atoms with Gasteiger partial charge in [0.25, 0.3) is 0 Å². The third kappa shape index (κ3) is 1.24. The lowest BCUT2D eigenvalue weighted by atomic mass is 11.0. The summed E-state index contributed by atoms with van der Waals surface area (Å²) in [6.07, 6.45) is 0. The van der Waals surface area contributed by atoms with Crippen molar-refractivity contribution >= 4 is 11.9 Å². The summed E-state index contributed by atoms with van der Waals surface area (Å²) in [4.78, 5) is 12.8. The first-order valence-electron chi connectivity index (χ1n) is 2.67. The van der Waals surface area contributed by atoms with Crippen LogP contribution in [0.2, 0.25) is 0 Å². The number of anilines is 1. The topological polar surface area (TPSA) is 112 Å². The Balaban J connectivity index is 3.05. The summed E-state index contributed by atoms with van der Waals surface area (Å²) < 4.78 is 1.18. The first kappa shape index (κ1) is 7.41. The number of nitro groups is 1. The van der Waals surface area contributed by atoms with Gasteiger partial charge < -0.3 is 10.1 Å². The van der Waals surface area contributed by atoms with Crippen molar-refractivity contribution in [3.05, 3.63) is 10.1 Å². The second kappa shape index (κ2) is 2.50. The molecule has 1 aromatic rings. The molecule has 8 nitrogen and oxygen atoms in total. The van der Waals surface area contributed by atoms with Gasteiger partial charge in [0.15, 0.2) is 0 Å². The largest absolute Gasteiger partial charge is 0.493 e. The maximum atomic E-state index is 10.1. The van der Waals surface area contributed by atoms with Crippen LogP contribution in [-0.4, -0.2) is 19.7 Å². The van der Waals surface area contributed by atoms with E-state index in [0.29, 0.717) is 0 Å². The molecule has 0 unspecified atom stereocenters. The molecule has 0 spiro atoms. The highest BCUT2D eigenvalue weighted by Gasteiger charge is 2.17. The summed E-state index contributed by atoms with van der Waals surface area (Å²) in [6.45, 7) is 0. The summed E-state index contributed by atoms with van der Waals surface area (Å²) in [5.74, 6) is 4.65. The summed E-state index contributed by atoms with van der Waals surface area (Å²) in [7, 11) is 1.50. The minimum Gasteiger partial charge on any atom is -0.390 e. The predicted molar refractivity (Wildman–Crippen MR) is 35.5 cm³/mol. The van der Waals surface area contributed by atoms with Gasteiger partial charge in [0, 0.05) is 12.1 Å². The molecule has 11 heavy (non-hydrogen) atoms. The molecule has 0 atom stereocenters. The zero-order chi connectivity index (χ0) is 8.43. The van der Waals surface area contributed by atoms with Crippen LogP contribution in [0.25, 0.3) is 0 Å². The molecule has 8 heteroatoms. The maximum absolute atomic E-state index is 10.1. The smallest absolute Gasteiger partial charge is 0.390 e. The fourth-order valence-electron chi connectivity index (χ4n) is 0.574. The van der Waals surface area contributed by atoms with Crippen LogP contribution >= 0.6 is 0 Å². The Hall–Kier alpha value is -1.70. The van der Waals surface area contributed by atoms with Crippen molar-refractivity contribution in [1.29, 1.82) is 0 Å². The van der Waals surface area contributed by atoms with Gasteiger partial charge in [-0.2, -0.15) is 4.68 Å². The average Bonchev–Trinajstić information content (AvgIpc) is 2.31. The van der Waals surface area contributed by atoms with Crippen LogP contribution in [0.1, 0.15) is 0 Å². The maximum Gasteiger partial charge on any atom is 0.493 e. The summed E-state index contributed by atoms with van der Waals surface area (Å²) in [6, 6.07) is 0. The molecule has 0 aliphatic rings. The highest BCUT2D eigenvalue weighted by atomic mass is 16.6. The summed E-state index contributed by atoms with van der Waals surface area (Å²) in [5.41, 5.74) is 2.16. The number of hydrogen-bond acceptors (Lipinski definition) is 6. The van der Waals surface area contributed by atoms with Crippen LogP contribution in [0, 0.1) is 10.1 Å². The van der Waals surface area contributed by atoms with Crippen LogP contribution in [-0.2, 0) is 7.05 Å².